The number of benzene rings is 2. The Balaban J connectivity index is 1.17. The molecule has 1 saturated heterocycles. The normalized spacial score (nSPS) is 19.4. The van der Waals surface area contributed by atoms with Gasteiger partial charge in [-0.25, -0.2) is 9.37 Å². The Morgan fingerprint density at radius 1 is 1.16 bits per heavy atom. The van der Waals surface area contributed by atoms with Crippen LogP contribution in [0.2, 0.25) is 0 Å². The first-order valence-corrected chi connectivity index (χ1v) is 12.5. The van der Waals surface area contributed by atoms with Crippen molar-refractivity contribution in [3.63, 3.8) is 0 Å². The number of thiazole rings is 1. The first kappa shape index (κ1) is 20.8. The number of carbonyl (C=O) groups is 1. The number of para-hydroxylation sites is 1. The molecule has 0 radical (unpaired) electrons. The summed E-state index contributed by atoms with van der Waals surface area (Å²) in [6.07, 6.45) is 3.83. The highest BCUT2D eigenvalue weighted by Gasteiger charge is 2.47. The van der Waals surface area contributed by atoms with E-state index >= 15 is 4.39 Å². The molecule has 31 heavy (non-hydrogen) atoms. The number of piperidine rings is 1. The van der Waals surface area contributed by atoms with Gasteiger partial charge in [-0.2, -0.15) is 0 Å². The summed E-state index contributed by atoms with van der Waals surface area (Å²) in [5, 5.41) is 0. The van der Waals surface area contributed by atoms with Crippen molar-refractivity contribution >= 4 is 45.1 Å². The van der Waals surface area contributed by atoms with E-state index in [2.05, 4.69) is 22.7 Å². The summed E-state index contributed by atoms with van der Waals surface area (Å²) in [6.45, 7) is 3.18. The predicted molar refractivity (Wildman–Crippen MR) is 126 cm³/mol. The fraction of sp³-hybridized carbons (Fsp3) is 0.417. The van der Waals surface area contributed by atoms with E-state index in [1.54, 1.807) is 16.2 Å². The molecule has 162 valence electrons. The Kier molecular flexibility index (Phi) is 5.42. The van der Waals surface area contributed by atoms with Gasteiger partial charge in [0.05, 0.1) is 20.6 Å². The van der Waals surface area contributed by atoms with Gasteiger partial charge in [-0.05, 0) is 85.9 Å². The first-order valence-electron chi connectivity index (χ1n) is 10.8. The van der Waals surface area contributed by atoms with Gasteiger partial charge in [-0.1, -0.05) is 13.0 Å². The predicted octanol–water partition coefficient (Wildman–Crippen LogP) is 6.55. The molecule has 0 bridgehead atoms. The quantitative estimate of drug-likeness (QED) is 0.428. The van der Waals surface area contributed by atoms with Crippen molar-refractivity contribution in [3.05, 3.63) is 53.5 Å². The third kappa shape index (κ3) is 4.58. The number of fused-ring (bicyclic) bond motifs is 1. The average Bonchev–Trinajstić information content (AvgIpc) is 3.28. The summed E-state index contributed by atoms with van der Waals surface area (Å²) in [4.78, 5) is 20.2. The van der Waals surface area contributed by atoms with Crippen molar-refractivity contribution in [2.45, 2.75) is 49.6 Å². The van der Waals surface area contributed by atoms with E-state index < -0.39 is 5.67 Å². The first-order chi connectivity index (χ1) is 14.9. The van der Waals surface area contributed by atoms with Crippen LogP contribution in [0, 0.1) is 5.41 Å². The number of rotatable bonds is 6. The molecule has 2 aromatic carbocycles. The lowest BCUT2D eigenvalue weighted by Gasteiger charge is -2.38. The summed E-state index contributed by atoms with van der Waals surface area (Å²) in [5.74, 6) is -0.00822. The van der Waals surface area contributed by atoms with E-state index in [9.17, 15) is 4.79 Å². The minimum Gasteiger partial charge on any atom is -0.338 e. The molecule has 1 amide bonds. The Morgan fingerprint density at radius 2 is 1.90 bits per heavy atom. The van der Waals surface area contributed by atoms with Crippen molar-refractivity contribution in [2.24, 2.45) is 5.41 Å². The molecule has 2 fully saturated rings. The van der Waals surface area contributed by atoms with Crippen LogP contribution in [0.25, 0.3) is 10.2 Å². The lowest BCUT2D eigenvalue weighted by molar-refractivity contribution is 0.0304. The maximum atomic E-state index is 15.1. The largest absolute Gasteiger partial charge is 0.338 e. The highest BCUT2D eigenvalue weighted by molar-refractivity contribution is 8.00. The van der Waals surface area contributed by atoms with Crippen LogP contribution in [0.1, 0.15) is 49.4 Å². The molecular weight excluding hydrogens is 429 g/mol. The average molecular weight is 456 g/mol. The topological polar surface area (TPSA) is 45.2 Å². The number of aromatic nitrogens is 1. The van der Waals surface area contributed by atoms with E-state index in [1.807, 2.05) is 41.9 Å². The number of nitrogens with one attached hydrogen (secondary N) is 1. The molecule has 3 aromatic rings. The third-order valence-corrected chi connectivity index (χ3v) is 8.21. The van der Waals surface area contributed by atoms with Gasteiger partial charge in [0, 0.05) is 24.3 Å². The number of carbonyl (C=O) groups excluding carboxylic acids is 1. The SMILES string of the molecule is CC1(CC2(F)CCN(C(=O)c3ccc(NSc4cccc5scnc45)cc3)CC2)CC1. The van der Waals surface area contributed by atoms with Crippen molar-refractivity contribution in [1.82, 2.24) is 9.88 Å². The second kappa shape index (κ2) is 8.10. The molecule has 2 heterocycles. The fourth-order valence-electron chi connectivity index (χ4n) is 4.36. The Bertz CT molecular complexity index is 1090. The molecule has 1 aromatic heterocycles. The monoisotopic (exact) mass is 455 g/mol. The van der Waals surface area contributed by atoms with E-state index in [4.69, 9.17) is 0 Å². The van der Waals surface area contributed by atoms with Crippen molar-refractivity contribution in [2.75, 3.05) is 17.8 Å². The van der Waals surface area contributed by atoms with Crippen molar-refractivity contribution in [1.29, 1.82) is 0 Å². The second-order valence-corrected chi connectivity index (χ2v) is 10.9. The van der Waals surface area contributed by atoms with E-state index in [-0.39, 0.29) is 11.3 Å². The zero-order valence-corrected chi connectivity index (χ0v) is 19.2. The Morgan fingerprint density at radius 3 is 2.61 bits per heavy atom. The number of amides is 1. The molecule has 1 aliphatic heterocycles. The van der Waals surface area contributed by atoms with Crippen LogP contribution in [-0.2, 0) is 0 Å². The summed E-state index contributed by atoms with van der Waals surface area (Å²) in [7, 11) is 0. The van der Waals surface area contributed by atoms with Gasteiger partial charge >= 0.3 is 0 Å². The number of halogens is 1. The Labute approximate surface area is 190 Å². The van der Waals surface area contributed by atoms with Crippen molar-refractivity contribution in [3.8, 4) is 0 Å². The molecule has 0 unspecified atom stereocenters. The molecule has 5 rings (SSSR count). The van der Waals surface area contributed by atoms with Gasteiger partial charge in [-0.3, -0.25) is 4.79 Å². The lowest BCUT2D eigenvalue weighted by atomic mass is 9.83. The Hall–Kier alpha value is -2.12. The minimum absolute atomic E-state index is 0.00822. The van der Waals surface area contributed by atoms with E-state index in [0.29, 0.717) is 37.9 Å². The molecule has 0 spiro atoms. The molecule has 2 aliphatic rings. The van der Waals surface area contributed by atoms with E-state index in [1.165, 1.54) is 11.9 Å². The van der Waals surface area contributed by atoms with Crippen LogP contribution < -0.4 is 4.72 Å². The molecule has 4 nitrogen and oxygen atoms in total. The standard InChI is InChI=1S/C24H26FN3OS2/c1-23(9-10-23)15-24(25)11-13-28(14-12-24)22(29)17-5-7-18(8-6-17)27-31-20-4-2-3-19-21(20)26-16-30-19/h2-8,16,27H,9-15H2,1H3. The smallest absolute Gasteiger partial charge is 0.253 e. The molecule has 1 saturated carbocycles. The molecule has 1 N–H and O–H groups in total. The van der Waals surface area contributed by atoms with Gasteiger partial charge < -0.3 is 9.62 Å². The third-order valence-electron chi connectivity index (χ3n) is 6.53. The summed E-state index contributed by atoms with van der Waals surface area (Å²) >= 11 is 3.15. The lowest BCUT2D eigenvalue weighted by Crippen LogP contribution is -2.45. The van der Waals surface area contributed by atoms with Gasteiger partial charge in [0.25, 0.3) is 5.91 Å². The van der Waals surface area contributed by atoms with Crippen molar-refractivity contribution < 1.29 is 9.18 Å². The minimum atomic E-state index is -1.10. The van der Waals surface area contributed by atoms with Gasteiger partial charge in [0.15, 0.2) is 0 Å². The zero-order chi connectivity index (χ0) is 21.5. The highest BCUT2D eigenvalue weighted by Crippen LogP contribution is 2.53. The van der Waals surface area contributed by atoms with Crippen LogP contribution >= 0.6 is 23.3 Å². The molecule has 0 atom stereocenters. The maximum Gasteiger partial charge on any atom is 0.253 e. The van der Waals surface area contributed by atoms with Crippen LogP contribution in [0.3, 0.4) is 0 Å². The van der Waals surface area contributed by atoms with Crippen LogP contribution in [0.15, 0.2) is 52.9 Å². The second-order valence-electron chi connectivity index (χ2n) is 9.17. The number of hydrogen-bond donors (Lipinski definition) is 1. The number of anilines is 1. The zero-order valence-electron chi connectivity index (χ0n) is 17.6. The van der Waals surface area contributed by atoms with Crippen LogP contribution in [0.4, 0.5) is 10.1 Å². The number of hydrogen-bond acceptors (Lipinski definition) is 5. The van der Waals surface area contributed by atoms with Gasteiger partial charge in [0.2, 0.25) is 0 Å². The highest BCUT2D eigenvalue weighted by atomic mass is 32.2. The van der Waals surface area contributed by atoms with Crippen LogP contribution in [-0.4, -0.2) is 34.5 Å². The maximum absolute atomic E-state index is 15.1. The van der Waals surface area contributed by atoms with Gasteiger partial charge in [0.1, 0.15) is 5.67 Å². The number of likely N-dealkylation sites (tertiary alicyclic amines) is 1. The fourth-order valence-corrected chi connectivity index (χ4v) is 5.90. The summed E-state index contributed by atoms with van der Waals surface area (Å²) in [5.41, 5.74) is 3.53. The number of alkyl halides is 1. The van der Waals surface area contributed by atoms with Crippen LogP contribution in [0.5, 0.6) is 0 Å². The molecule has 7 heteroatoms. The summed E-state index contributed by atoms with van der Waals surface area (Å²) in [6, 6.07) is 13.7. The van der Waals surface area contributed by atoms with E-state index in [0.717, 1.165) is 33.6 Å². The summed E-state index contributed by atoms with van der Waals surface area (Å²) < 4.78 is 19.6. The molecular formula is C24H26FN3OS2. The number of nitrogens with zero attached hydrogens (tertiary/aromatic N) is 2. The van der Waals surface area contributed by atoms with Gasteiger partial charge in [-0.15, -0.1) is 11.3 Å². The molecule has 1 aliphatic carbocycles.